The molecule has 3 N–H and O–H groups in total. The van der Waals surface area contributed by atoms with Gasteiger partial charge in [-0.15, -0.1) is 12.4 Å². The number of rotatable bonds is 2. The van der Waals surface area contributed by atoms with Crippen LogP contribution in [0.15, 0.2) is 0 Å². The molecule has 0 heterocycles. The Bertz CT molecular complexity index is 122. The zero-order valence-electron chi connectivity index (χ0n) is 7.75. The molecule has 0 atom stereocenters. The highest BCUT2D eigenvalue weighted by Crippen LogP contribution is 2.31. The highest BCUT2D eigenvalue weighted by Gasteiger charge is 2.29. The van der Waals surface area contributed by atoms with E-state index in [0.717, 1.165) is 18.8 Å². The monoisotopic (exact) mass is 193 g/mol. The number of nitrogens with two attached hydrogens (primary N) is 1. The zero-order valence-corrected chi connectivity index (χ0v) is 8.57. The number of aliphatic hydroxyl groups is 1. The minimum Gasteiger partial charge on any atom is -0.394 e. The molecule has 0 unspecified atom stereocenters. The van der Waals surface area contributed by atoms with E-state index < -0.39 is 0 Å². The molecule has 0 aliphatic heterocycles. The van der Waals surface area contributed by atoms with Crippen molar-refractivity contribution in [3.8, 4) is 0 Å². The molecule has 1 rings (SSSR count). The van der Waals surface area contributed by atoms with Gasteiger partial charge in [-0.3, -0.25) is 0 Å². The molecule has 1 aliphatic rings. The summed E-state index contributed by atoms with van der Waals surface area (Å²) in [5, 5.41) is 8.98. The average Bonchev–Trinajstić information content (AvgIpc) is 2.06. The van der Waals surface area contributed by atoms with Gasteiger partial charge in [0.2, 0.25) is 0 Å². The van der Waals surface area contributed by atoms with Crippen molar-refractivity contribution in [1.29, 1.82) is 0 Å². The van der Waals surface area contributed by atoms with Gasteiger partial charge in [0.05, 0.1) is 6.61 Å². The predicted octanol–water partition coefficient (Wildman–Crippen LogP) is 1.70. The van der Waals surface area contributed by atoms with Crippen molar-refractivity contribution in [2.24, 2.45) is 11.7 Å². The molecule has 0 spiro atoms. The molecule has 3 heteroatoms. The van der Waals surface area contributed by atoms with Gasteiger partial charge in [0, 0.05) is 5.54 Å². The molecule has 1 fully saturated rings. The second-order valence-corrected chi connectivity index (χ2v) is 3.87. The minimum atomic E-state index is -0.244. The van der Waals surface area contributed by atoms with E-state index in [2.05, 4.69) is 6.92 Å². The first-order chi connectivity index (χ1) is 5.20. The number of hydrogen-bond donors (Lipinski definition) is 2. The normalized spacial score (nSPS) is 35.8. The summed E-state index contributed by atoms with van der Waals surface area (Å²) in [6, 6.07) is 0. The van der Waals surface area contributed by atoms with Crippen molar-refractivity contribution in [3.63, 3.8) is 0 Å². The van der Waals surface area contributed by atoms with Crippen molar-refractivity contribution >= 4 is 12.4 Å². The van der Waals surface area contributed by atoms with Crippen LogP contribution in [-0.4, -0.2) is 17.3 Å². The first-order valence-electron chi connectivity index (χ1n) is 4.60. The molecule has 0 radical (unpaired) electrons. The molecule has 0 saturated heterocycles. The number of aliphatic hydroxyl groups excluding tert-OH is 1. The fourth-order valence-corrected chi connectivity index (χ4v) is 1.82. The molecule has 12 heavy (non-hydrogen) atoms. The summed E-state index contributed by atoms with van der Waals surface area (Å²) in [4.78, 5) is 0. The van der Waals surface area contributed by atoms with Gasteiger partial charge in [-0.2, -0.15) is 0 Å². The summed E-state index contributed by atoms with van der Waals surface area (Å²) in [5.74, 6) is 0.859. The molecule has 0 aromatic heterocycles. The summed E-state index contributed by atoms with van der Waals surface area (Å²) in [6.07, 6.45) is 5.67. The first kappa shape index (κ1) is 12.2. The Kier molecular flexibility index (Phi) is 5.14. The summed E-state index contributed by atoms with van der Waals surface area (Å²) >= 11 is 0. The van der Waals surface area contributed by atoms with Gasteiger partial charge < -0.3 is 10.8 Å². The van der Waals surface area contributed by atoms with Crippen molar-refractivity contribution in [2.75, 3.05) is 6.61 Å². The molecule has 0 bridgehead atoms. The smallest absolute Gasteiger partial charge is 0.0611 e. The van der Waals surface area contributed by atoms with E-state index in [1.165, 1.54) is 19.3 Å². The highest BCUT2D eigenvalue weighted by molar-refractivity contribution is 5.85. The minimum absolute atomic E-state index is 0. The Morgan fingerprint density at radius 2 is 1.92 bits per heavy atom. The Balaban J connectivity index is 0.00000121. The quantitative estimate of drug-likeness (QED) is 0.702. The van der Waals surface area contributed by atoms with Crippen LogP contribution in [0, 0.1) is 5.92 Å². The lowest BCUT2D eigenvalue weighted by Gasteiger charge is -2.35. The topological polar surface area (TPSA) is 46.2 Å². The molecule has 0 aromatic carbocycles. The molecule has 2 nitrogen and oxygen atoms in total. The number of halogens is 1. The van der Waals surface area contributed by atoms with Crippen LogP contribution in [0.5, 0.6) is 0 Å². The van der Waals surface area contributed by atoms with Crippen LogP contribution in [0.1, 0.15) is 39.0 Å². The van der Waals surface area contributed by atoms with Crippen LogP contribution in [0.2, 0.25) is 0 Å². The molecule has 0 aromatic rings. The van der Waals surface area contributed by atoms with Crippen LogP contribution in [-0.2, 0) is 0 Å². The van der Waals surface area contributed by atoms with E-state index in [-0.39, 0.29) is 24.6 Å². The fourth-order valence-electron chi connectivity index (χ4n) is 1.82. The summed E-state index contributed by atoms with van der Waals surface area (Å²) in [5.41, 5.74) is 5.68. The van der Waals surface area contributed by atoms with E-state index >= 15 is 0 Å². The largest absolute Gasteiger partial charge is 0.394 e. The fraction of sp³-hybridized carbons (Fsp3) is 1.00. The molecule has 1 saturated carbocycles. The van der Waals surface area contributed by atoms with Crippen LogP contribution in [0.25, 0.3) is 0 Å². The van der Waals surface area contributed by atoms with Gasteiger partial charge in [0.25, 0.3) is 0 Å². The molecule has 74 valence electrons. The van der Waals surface area contributed by atoms with Crippen molar-refractivity contribution in [1.82, 2.24) is 0 Å². The summed E-state index contributed by atoms with van der Waals surface area (Å²) < 4.78 is 0. The molecule has 1 aliphatic carbocycles. The summed E-state index contributed by atoms with van der Waals surface area (Å²) in [7, 11) is 0. The first-order valence-corrected chi connectivity index (χ1v) is 4.60. The van der Waals surface area contributed by atoms with Crippen molar-refractivity contribution < 1.29 is 5.11 Å². The second-order valence-electron chi connectivity index (χ2n) is 3.87. The lowest BCUT2D eigenvalue weighted by Crippen LogP contribution is -2.46. The maximum atomic E-state index is 8.98. The average molecular weight is 194 g/mol. The molecular weight excluding hydrogens is 174 g/mol. The van der Waals surface area contributed by atoms with E-state index in [1.54, 1.807) is 0 Å². The zero-order chi connectivity index (χ0) is 8.32. The lowest BCUT2D eigenvalue weighted by molar-refractivity contribution is 0.134. The Labute approximate surface area is 80.9 Å². The third kappa shape index (κ3) is 2.92. The summed E-state index contributed by atoms with van der Waals surface area (Å²) in [6.45, 7) is 2.39. The Hall–Kier alpha value is 0.210. The third-order valence-electron chi connectivity index (χ3n) is 2.99. The van der Waals surface area contributed by atoms with Gasteiger partial charge in [-0.25, -0.2) is 0 Å². The van der Waals surface area contributed by atoms with Crippen molar-refractivity contribution in [3.05, 3.63) is 0 Å². The van der Waals surface area contributed by atoms with Crippen LogP contribution in [0.4, 0.5) is 0 Å². The van der Waals surface area contributed by atoms with E-state index in [9.17, 15) is 0 Å². The molecule has 0 amide bonds. The predicted molar refractivity (Wildman–Crippen MR) is 53.5 cm³/mol. The Morgan fingerprint density at radius 3 is 2.25 bits per heavy atom. The third-order valence-corrected chi connectivity index (χ3v) is 2.99. The van der Waals surface area contributed by atoms with Gasteiger partial charge in [0.15, 0.2) is 0 Å². The second kappa shape index (κ2) is 5.05. The highest BCUT2D eigenvalue weighted by atomic mass is 35.5. The van der Waals surface area contributed by atoms with E-state index in [4.69, 9.17) is 10.8 Å². The van der Waals surface area contributed by atoms with Gasteiger partial charge in [0.1, 0.15) is 0 Å². The van der Waals surface area contributed by atoms with Gasteiger partial charge in [-0.1, -0.05) is 13.3 Å². The van der Waals surface area contributed by atoms with Crippen LogP contribution in [0.3, 0.4) is 0 Å². The van der Waals surface area contributed by atoms with E-state index in [1.807, 2.05) is 0 Å². The maximum absolute atomic E-state index is 8.98. The van der Waals surface area contributed by atoms with Crippen LogP contribution < -0.4 is 5.73 Å². The number of hydrogen-bond acceptors (Lipinski definition) is 2. The molecular formula is C9H20ClNO. The maximum Gasteiger partial charge on any atom is 0.0611 e. The lowest BCUT2D eigenvalue weighted by atomic mass is 9.77. The van der Waals surface area contributed by atoms with Gasteiger partial charge >= 0.3 is 0 Å². The van der Waals surface area contributed by atoms with Gasteiger partial charge in [-0.05, 0) is 31.6 Å². The van der Waals surface area contributed by atoms with Crippen molar-refractivity contribution in [2.45, 2.75) is 44.6 Å². The standard InChI is InChI=1S/C9H19NO.ClH/c1-2-8-3-5-9(10,7-11)6-4-8;/h8,11H,2-7,10H2,1H3;1H. The SMILES string of the molecule is CCC1CCC(N)(CO)CC1.Cl. The van der Waals surface area contributed by atoms with E-state index in [0.29, 0.717) is 0 Å². The Morgan fingerprint density at radius 1 is 1.42 bits per heavy atom. The van der Waals surface area contributed by atoms with Crippen LogP contribution >= 0.6 is 12.4 Å².